The number of ether oxygens (including phenoxy) is 4. The molecular weight excluding hydrogens is 448 g/mol. The predicted molar refractivity (Wildman–Crippen MR) is 146 cm³/mol. The van der Waals surface area contributed by atoms with Crippen molar-refractivity contribution in [2.75, 3.05) is 33.5 Å². The highest BCUT2D eigenvalue weighted by Gasteiger charge is 2.45. The minimum atomic E-state index is -0.557. The van der Waals surface area contributed by atoms with Gasteiger partial charge in [-0.3, -0.25) is 0 Å². The van der Waals surface area contributed by atoms with Crippen LogP contribution >= 0.6 is 0 Å². The van der Waals surface area contributed by atoms with E-state index in [0.717, 1.165) is 17.8 Å². The van der Waals surface area contributed by atoms with Crippen LogP contribution in [0, 0.1) is 0 Å². The van der Waals surface area contributed by atoms with Crippen molar-refractivity contribution in [3.8, 4) is 11.1 Å². The van der Waals surface area contributed by atoms with Crippen LogP contribution in [0.3, 0.4) is 0 Å². The third-order valence-corrected chi connectivity index (χ3v) is 6.61. The van der Waals surface area contributed by atoms with Gasteiger partial charge in [-0.25, -0.2) is 0 Å². The fourth-order valence-corrected chi connectivity index (χ4v) is 4.74. The van der Waals surface area contributed by atoms with Gasteiger partial charge in [0.25, 0.3) is 0 Å². The van der Waals surface area contributed by atoms with Crippen LogP contribution in [0.5, 0.6) is 0 Å². The third kappa shape index (κ3) is 5.15. The fourth-order valence-electron chi connectivity index (χ4n) is 4.74. The molecule has 36 heavy (non-hydrogen) atoms. The molecule has 186 valence electrons. The Morgan fingerprint density at radius 3 is 2.19 bits per heavy atom. The molecule has 1 unspecified atom stereocenters. The SMILES string of the molecule is C=C/C(=C\C=C(/C)C1(C(=C)/C=C\C(=C)OCC2CO2)c2ccccc2-c2ccccc21)OCCOC. The molecule has 0 aromatic heterocycles. The molecule has 0 N–H and O–H groups in total. The average molecular weight is 483 g/mol. The Hall–Kier alpha value is -3.60. The van der Waals surface area contributed by atoms with Crippen molar-refractivity contribution in [1.82, 2.24) is 0 Å². The van der Waals surface area contributed by atoms with Gasteiger partial charge in [-0.2, -0.15) is 0 Å². The molecule has 1 heterocycles. The summed E-state index contributed by atoms with van der Waals surface area (Å²) in [5.41, 5.74) is 6.29. The molecule has 4 heteroatoms. The molecule has 2 aromatic rings. The monoisotopic (exact) mass is 482 g/mol. The predicted octanol–water partition coefficient (Wildman–Crippen LogP) is 6.67. The summed E-state index contributed by atoms with van der Waals surface area (Å²) < 4.78 is 21.9. The first-order chi connectivity index (χ1) is 17.5. The van der Waals surface area contributed by atoms with Gasteiger partial charge in [0.2, 0.25) is 0 Å². The molecule has 4 nitrogen and oxygen atoms in total. The number of rotatable bonds is 13. The van der Waals surface area contributed by atoms with Crippen LogP contribution in [-0.4, -0.2) is 39.6 Å². The lowest BCUT2D eigenvalue weighted by molar-refractivity contribution is 0.114. The molecule has 1 fully saturated rings. The van der Waals surface area contributed by atoms with E-state index in [1.54, 1.807) is 13.2 Å². The van der Waals surface area contributed by atoms with Gasteiger partial charge in [0.15, 0.2) is 0 Å². The molecule has 1 saturated heterocycles. The van der Waals surface area contributed by atoms with Gasteiger partial charge in [-0.1, -0.05) is 86.0 Å². The summed E-state index contributed by atoms with van der Waals surface area (Å²) in [4.78, 5) is 0. The van der Waals surface area contributed by atoms with E-state index in [4.69, 9.17) is 18.9 Å². The van der Waals surface area contributed by atoms with E-state index in [1.807, 2.05) is 18.2 Å². The van der Waals surface area contributed by atoms with Gasteiger partial charge < -0.3 is 18.9 Å². The van der Waals surface area contributed by atoms with Crippen LogP contribution in [0.15, 0.2) is 121 Å². The number of allylic oxidation sites excluding steroid dienone is 7. The topological polar surface area (TPSA) is 40.2 Å². The first-order valence-electron chi connectivity index (χ1n) is 12.2. The molecule has 1 aliphatic carbocycles. The Morgan fingerprint density at radius 1 is 0.972 bits per heavy atom. The average Bonchev–Trinajstić information content (AvgIpc) is 3.69. The Bertz CT molecular complexity index is 1180. The van der Waals surface area contributed by atoms with E-state index in [0.29, 0.717) is 31.3 Å². The van der Waals surface area contributed by atoms with E-state index in [2.05, 4.69) is 81.3 Å². The Labute approximate surface area is 214 Å². The van der Waals surface area contributed by atoms with E-state index in [1.165, 1.54) is 22.3 Å². The van der Waals surface area contributed by atoms with Gasteiger partial charge >= 0.3 is 0 Å². The molecule has 1 atom stereocenters. The number of benzene rings is 2. The first kappa shape index (κ1) is 25.5. The molecule has 2 aliphatic rings. The summed E-state index contributed by atoms with van der Waals surface area (Å²) in [7, 11) is 1.65. The molecular formula is C32H34O4. The van der Waals surface area contributed by atoms with E-state index < -0.39 is 5.41 Å². The summed E-state index contributed by atoms with van der Waals surface area (Å²) >= 11 is 0. The standard InChI is InChI=1S/C32H34O4/c1-6-26(34-20-19-33-5)18-16-24(3)32(23(2)15-17-25(4)35-21-27-22-36-27)30-13-9-7-11-28(30)29-12-8-10-14-31(29)32/h6-18,27H,1-2,4,19-22H2,3,5H3/b17-15-,24-16+,26-18+. The van der Waals surface area contributed by atoms with Crippen LogP contribution < -0.4 is 0 Å². The van der Waals surface area contributed by atoms with Crippen LogP contribution in [0.1, 0.15) is 18.1 Å². The number of fused-ring (bicyclic) bond motifs is 3. The van der Waals surface area contributed by atoms with Crippen molar-refractivity contribution >= 4 is 0 Å². The second kappa shape index (κ2) is 11.4. The van der Waals surface area contributed by atoms with Crippen molar-refractivity contribution in [2.45, 2.75) is 18.4 Å². The lowest BCUT2D eigenvalue weighted by Gasteiger charge is -2.34. The number of hydrogen-bond acceptors (Lipinski definition) is 4. The molecule has 0 saturated carbocycles. The minimum absolute atomic E-state index is 0.181. The highest BCUT2D eigenvalue weighted by atomic mass is 16.6. The van der Waals surface area contributed by atoms with Crippen LogP contribution in [0.25, 0.3) is 11.1 Å². The summed E-state index contributed by atoms with van der Waals surface area (Å²) in [6.45, 7) is 16.9. The molecule has 0 amide bonds. The number of epoxide rings is 1. The van der Waals surface area contributed by atoms with Crippen LogP contribution in [0.4, 0.5) is 0 Å². The van der Waals surface area contributed by atoms with Gasteiger partial charge in [-0.05, 0) is 53.0 Å². The quantitative estimate of drug-likeness (QED) is 0.138. The zero-order chi connectivity index (χ0) is 25.5. The second-order valence-electron chi connectivity index (χ2n) is 8.90. The lowest BCUT2D eigenvalue weighted by Crippen LogP contribution is -2.28. The van der Waals surface area contributed by atoms with Crippen molar-refractivity contribution in [3.05, 3.63) is 132 Å². The highest BCUT2D eigenvalue weighted by molar-refractivity contribution is 5.86. The van der Waals surface area contributed by atoms with Gasteiger partial charge in [0.1, 0.15) is 30.8 Å². The van der Waals surface area contributed by atoms with Gasteiger partial charge in [-0.15, -0.1) is 0 Å². The minimum Gasteiger partial charge on any atom is -0.491 e. The third-order valence-electron chi connectivity index (χ3n) is 6.61. The van der Waals surface area contributed by atoms with Crippen LogP contribution in [-0.2, 0) is 24.4 Å². The van der Waals surface area contributed by atoms with Crippen molar-refractivity contribution in [1.29, 1.82) is 0 Å². The highest BCUT2D eigenvalue weighted by Crippen LogP contribution is 2.56. The zero-order valence-electron chi connectivity index (χ0n) is 21.2. The fraction of sp³-hybridized carbons (Fsp3) is 0.250. The molecule has 4 rings (SSSR count). The maximum Gasteiger partial charge on any atom is 0.118 e. The maximum absolute atomic E-state index is 5.81. The van der Waals surface area contributed by atoms with Crippen LogP contribution in [0.2, 0.25) is 0 Å². The van der Waals surface area contributed by atoms with Crippen molar-refractivity contribution in [3.63, 3.8) is 0 Å². The van der Waals surface area contributed by atoms with Crippen molar-refractivity contribution in [2.24, 2.45) is 0 Å². The molecule has 2 aromatic carbocycles. The zero-order valence-corrected chi connectivity index (χ0v) is 21.2. The van der Waals surface area contributed by atoms with Gasteiger partial charge in [0.05, 0.1) is 18.6 Å². The Balaban J connectivity index is 1.76. The van der Waals surface area contributed by atoms with E-state index in [9.17, 15) is 0 Å². The summed E-state index contributed by atoms with van der Waals surface area (Å²) in [5, 5.41) is 0. The summed E-state index contributed by atoms with van der Waals surface area (Å²) in [5.74, 6) is 1.27. The molecule has 0 radical (unpaired) electrons. The smallest absolute Gasteiger partial charge is 0.118 e. The largest absolute Gasteiger partial charge is 0.491 e. The van der Waals surface area contributed by atoms with Gasteiger partial charge in [0, 0.05) is 7.11 Å². The second-order valence-corrected chi connectivity index (χ2v) is 8.90. The molecule has 0 spiro atoms. The van der Waals surface area contributed by atoms with E-state index in [-0.39, 0.29) is 6.10 Å². The summed E-state index contributed by atoms with van der Waals surface area (Å²) in [6, 6.07) is 17.1. The first-order valence-corrected chi connectivity index (χ1v) is 12.2. The number of methoxy groups -OCH3 is 1. The normalized spacial score (nSPS) is 17.9. The maximum atomic E-state index is 5.81. The Kier molecular flexibility index (Phi) is 8.09. The van der Waals surface area contributed by atoms with E-state index >= 15 is 0 Å². The number of hydrogen-bond donors (Lipinski definition) is 0. The van der Waals surface area contributed by atoms with Crippen molar-refractivity contribution < 1.29 is 18.9 Å². The summed E-state index contributed by atoms with van der Waals surface area (Å²) in [6.07, 6.45) is 9.85. The molecule has 0 bridgehead atoms. The lowest BCUT2D eigenvalue weighted by atomic mass is 9.67. The molecule has 1 aliphatic heterocycles. The Morgan fingerprint density at radius 2 is 1.61 bits per heavy atom.